The first kappa shape index (κ1) is 16.5. The quantitative estimate of drug-likeness (QED) is 0.632. The maximum absolute atomic E-state index is 13.1. The molecule has 0 spiro atoms. The van der Waals surface area contributed by atoms with Gasteiger partial charge < -0.3 is 10.6 Å². The topological polar surface area (TPSA) is 36.4 Å². The van der Waals surface area contributed by atoms with Crippen molar-refractivity contribution in [3.05, 3.63) is 58.0 Å². The Morgan fingerprint density at radius 2 is 2.14 bits per heavy atom. The molecule has 2 rings (SSSR count). The Hall–Kier alpha value is -1.88. The number of thiophene rings is 1. The van der Waals surface area contributed by atoms with E-state index in [1.54, 1.807) is 24.5 Å². The van der Waals surface area contributed by atoms with Gasteiger partial charge in [-0.15, -0.1) is 11.3 Å². The minimum absolute atomic E-state index is 0.216. The maximum atomic E-state index is 13.1. The Balaban J connectivity index is 1.75. The fourth-order valence-electron chi connectivity index (χ4n) is 2.17. The molecule has 0 saturated carbocycles. The smallest absolute Gasteiger partial charge is 0.191 e. The van der Waals surface area contributed by atoms with Gasteiger partial charge >= 0.3 is 0 Å². The predicted molar refractivity (Wildman–Crippen MR) is 91.8 cm³/mol. The van der Waals surface area contributed by atoms with Crippen molar-refractivity contribution in [1.82, 2.24) is 10.6 Å². The molecule has 1 heterocycles. The maximum Gasteiger partial charge on any atom is 0.191 e. The molecule has 0 bridgehead atoms. The molecule has 2 aromatic rings. The molecular formula is C17H22FN3S. The van der Waals surface area contributed by atoms with Gasteiger partial charge in [0.05, 0.1) is 0 Å². The van der Waals surface area contributed by atoms with E-state index in [0.717, 1.165) is 24.5 Å². The fraction of sp³-hybridized carbons (Fsp3) is 0.353. The van der Waals surface area contributed by atoms with E-state index in [1.807, 2.05) is 6.07 Å². The van der Waals surface area contributed by atoms with Crippen LogP contribution in [0.1, 0.15) is 17.4 Å². The van der Waals surface area contributed by atoms with Gasteiger partial charge in [0.15, 0.2) is 5.96 Å². The van der Waals surface area contributed by atoms with E-state index in [9.17, 15) is 4.39 Å². The molecule has 1 unspecified atom stereocenters. The standard InChI is InChI=1S/C17H22FN3S/c1-13(9-16-7-4-8-22-16)11-20-17(19-2)21-12-14-5-3-6-15(18)10-14/h3-8,10,13H,9,11-12H2,1-2H3,(H2,19,20,21). The molecule has 5 heteroatoms. The molecule has 1 aromatic heterocycles. The molecule has 0 aliphatic carbocycles. The molecule has 1 aromatic carbocycles. The van der Waals surface area contributed by atoms with Crippen LogP contribution < -0.4 is 10.6 Å². The average molecular weight is 319 g/mol. The molecular weight excluding hydrogens is 297 g/mol. The number of hydrogen-bond donors (Lipinski definition) is 2. The Morgan fingerprint density at radius 3 is 2.82 bits per heavy atom. The average Bonchev–Trinajstić information content (AvgIpc) is 3.00. The molecule has 1 atom stereocenters. The van der Waals surface area contributed by atoms with E-state index in [1.165, 1.54) is 17.0 Å². The van der Waals surface area contributed by atoms with Gasteiger partial charge in [0, 0.05) is 25.0 Å². The number of halogens is 1. The number of guanidine groups is 1. The second-order valence-electron chi connectivity index (χ2n) is 5.33. The van der Waals surface area contributed by atoms with Crippen molar-refractivity contribution in [2.24, 2.45) is 10.9 Å². The number of hydrogen-bond acceptors (Lipinski definition) is 2. The van der Waals surface area contributed by atoms with E-state index in [-0.39, 0.29) is 5.82 Å². The van der Waals surface area contributed by atoms with E-state index in [2.05, 4.69) is 40.1 Å². The van der Waals surface area contributed by atoms with E-state index in [0.29, 0.717) is 12.5 Å². The second kappa shape index (κ2) is 8.54. The molecule has 2 N–H and O–H groups in total. The minimum Gasteiger partial charge on any atom is -0.356 e. The highest BCUT2D eigenvalue weighted by molar-refractivity contribution is 7.09. The van der Waals surface area contributed by atoms with Gasteiger partial charge in [0.1, 0.15) is 5.82 Å². The van der Waals surface area contributed by atoms with Gasteiger partial charge in [-0.2, -0.15) is 0 Å². The summed E-state index contributed by atoms with van der Waals surface area (Å²) in [6, 6.07) is 10.8. The minimum atomic E-state index is -0.216. The number of benzene rings is 1. The molecule has 0 fully saturated rings. The number of nitrogens with zero attached hydrogens (tertiary/aromatic N) is 1. The van der Waals surface area contributed by atoms with Crippen LogP contribution in [0.3, 0.4) is 0 Å². The zero-order chi connectivity index (χ0) is 15.8. The lowest BCUT2D eigenvalue weighted by atomic mass is 10.1. The Bertz CT molecular complexity index is 596. The summed E-state index contributed by atoms with van der Waals surface area (Å²) in [5.74, 6) is 1.04. The largest absolute Gasteiger partial charge is 0.356 e. The lowest BCUT2D eigenvalue weighted by Crippen LogP contribution is -2.39. The van der Waals surface area contributed by atoms with Crippen LogP contribution in [0, 0.1) is 11.7 Å². The van der Waals surface area contributed by atoms with Crippen LogP contribution >= 0.6 is 11.3 Å². The normalized spacial score (nSPS) is 13.0. The molecule has 3 nitrogen and oxygen atoms in total. The monoisotopic (exact) mass is 319 g/mol. The van der Waals surface area contributed by atoms with E-state index >= 15 is 0 Å². The van der Waals surface area contributed by atoms with Gasteiger partial charge in [-0.3, -0.25) is 4.99 Å². The third-order valence-electron chi connectivity index (χ3n) is 3.32. The van der Waals surface area contributed by atoms with Crippen molar-refractivity contribution < 1.29 is 4.39 Å². The molecule has 0 aliphatic rings. The number of aliphatic imine (C=N–C) groups is 1. The number of nitrogens with one attached hydrogen (secondary N) is 2. The molecule has 0 saturated heterocycles. The first-order valence-electron chi connectivity index (χ1n) is 7.38. The summed E-state index contributed by atoms with van der Waals surface area (Å²) < 4.78 is 13.1. The second-order valence-corrected chi connectivity index (χ2v) is 6.36. The molecule has 22 heavy (non-hydrogen) atoms. The van der Waals surface area contributed by atoms with Crippen LogP contribution in [0.5, 0.6) is 0 Å². The van der Waals surface area contributed by atoms with Gasteiger partial charge in [0.25, 0.3) is 0 Å². The molecule has 0 amide bonds. The van der Waals surface area contributed by atoms with Crippen LogP contribution in [0.25, 0.3) is 0 Å². The third kappa shape index (κ3) is 5.48. The van der Waals surface area contributed by atoms with Gasteiger partial charge in [-0.1, -0.05) is 25.1 Å². The van der Waals surface area contributed by atoms with Gasteiger partial charge in [0.2, 0.25) is 0 Å². The van der Waals surface area contributed by atoms with Crippen molar-refractivity contribution in [3.8, 4) is 0 Å². The van der Waals surface area contributed by atoms with Crippen LogP contribution in [0.4, 0.5) is 4.39 Å². The summed E-state index contributed by atoms with van der Waals surface area (Å²) >= 11 is 1.79. The van der Waals surface area contributed by atoms with Crippen molar-refractivity contribution in [2.75, 3.05) is 13.6 Å². The first-order valence-corrected chi connectivity index (χ1v) is 8.26. The van der Waals surface area contributed by atoms with Crippen molar-refractivity contribution in [2.45, 2.75) is 19.9 Å². The summed E-state index contributed by atoms with van der Waals surface area (Å²) in [5, 5.41) is 8.62. The van der Waals surface area contributed by atoms with Crippen LogP contribution in [-0.2, 0) is 13.0 Å². The van der Waals surface area contributed by atoms with Crippen LogP contribution in [-0.4, -0.2) is 19.6 Å². The lowest BCUT2D eigenvalue weighted by Gasteiger charge is -2.15. The zero-order valence-electron chi connectivity index (χ0n) is 13.0. The van der Waals surface area contributed by atoms with E-state index < -0.39 is 0 Å². The zero-order valence-corrected chi connectivity index (χ0v) is 13.8. The summed E-state index contributed by atoms with van der Waals surface area (Å²) in [6.07, 6.45) is 1.06. The van der Waals surface area contributed by atoms with E-state index in [4.69, 9.17) is 0 Å². The predicted octanol–water partition coefficient (Wildman–Crippen LogP) is 3.43. The lowest BCUT2D eigenvalue weighted by molar-refractivity contribution is 0.562. The highest BCUT2D eigenvalue weighted by atomic mass is 32.1. The SMILES string of the molecule is CN=C(NCc1cccc(F)c1)NCC(C)Cc1cccs1. The molecule has 118 valence electrons. The third-order valence-corrected chi connectivity index (χ3v) is 4.22. The fourth-order valence-corrected chi connectivity index (χ4v) is 3.04. The summed E-state index contributed by atoms with van der Waals surface area (Å²) in [7, 11) is 1.74. The Morgan fingerprint density at radius 1 is 1.27 bits per heavy atom. The summed E-state index contributed by atoms with van der Waals surface area (Å²) in [5.41, 5.74) is 0.898. The van der Waals surface area contributed by atoms with Crippen molar-refractivity contribution >= 4 is 17.3 Å². The Kier molecular flexibility index (Phi) is 6.40. The summed E-state index contributed by atoms with van der Waals surface area (Å²) in [6.45, 7) is 3.62. The highest BCUT2D eigenvalue weighted by Crippen LogP contribution is 2.13. The number of rotatable bonds is 6. The van der Waals surface area contributed by atoms with Crippen LogP contribution in [0.2, 0.25) is 0 Å². The molecule has 0 aliphatic heterocycles. The van der Waals surface area contributed by atoms with Crippen molar-refractivity contribution in [1.29, 1.82) is 0 Å². The molecule has 0 radical (unpaired) electrons. The first-order chi connectivity index (χ1) is 10.7. The van der Waals surface area contributed by atoms with Crippen LogP contribution in [0.15, 0.2) is 46.8 Å². The van der Waals surface area contributed by atoms with Gasteiger partial charge in [-0.05, 0) is 41.5 Å². The van der Waals surface area contributed by atoms with Gasteiger partial charge in [-0.25, -0.2) is 4.39 Å². The summed E-state index contributed by atoms with van der Waals surface area (Å²) in [4.78, 5) is 5.60. The highest BCUT2D eigenvalue weighted by Gasteiger charge is 2.06. The Labute approximate surface area is 135 Å². The van der Waals surface area contributed by atoms with Crippen molar-refractivity contribution in [3.63, 3.8) is 0 Å².